The summed E-state index contributed by atoms with van der Waals surface area (Å²) >= 11 is 0. The van der Waals surface area contributed by atoms with Crippen molar-refractivity contribution in [3.05, 3.63) is 131 Å². The molecular weight excluding hydrogens is 414 g/mol. The third-order valence-corrected chi connectivity index (χ3v) is 7.83. The van der Waals surface area contributed by atoms with Gasteiger partial charge in [-0.15, -0.1) is 0 Å². The molecule has 2 heterocycles. The molecule has 2 aliphatic carbocycles. The number of allylic oxidation sites excluding steroid dienone is 2. The molecule has 6 aromatic rings. The summed E-state index contributed by atoms with van der Waals surface area (Å²) in [5, 5.41) is 3.70. The van der Waals surface area contributed by atoms with Crippen molar-refractivity contribution in [2.75, 3.05) is 0 Å². The Balaban J connectivity index is 1.53. The average Bonchev–Trinajstić information content (AvgIpc) is 3.51. The van der Waals surface area contributed by atoms with Crippen LogP contribution in [0.25, 0.3) is 44.4 Å². The van der Waals surface area contributed by atoms with Gasteiger partial charge in [0, 0.05) is 32.8 Å². The summed E-state index contributed by atoms with van der Waals surface area (Å²) in [6.07, 6.45) is 4.56. The lowest BCUT2D eigenvalue weighted by atomic mass is 9.72. The Hall–Kier alpha value is -4.30. The minimum atomic E-state index is -0.365. The van der Waals surface area contributed by atoms with Crippen molar-refractivity contribution < 1.29 is 4.42 Å². The van der Waals surface area contributed by atoms with Gasteiger partial charge in [-0.1, -0.05) is 78.9 Å². The van der Waals surface area contributed by atoms with E-state index in [1.165, 1.54) is 60.6 Å². The number of H-pyrrole nitrogens is 1. The second-order valence-electron chi connectivity index (χ2n) is 9.57. The first kappa shape index (κ1) is 18.2. The average molecular weight is 436 g/mol. The van der Waals surface area contributed by atoms with Crippen LogP contribution < -0.4 is 0 Å². The summed E-state index contributed by atoms with van der Waals surface area (Å²) in [6.45, 7) is 2.34. The van der Waals surface area contributed by atoms with Gasteiger partial charge >= 0.3 is 0 Å². The molecule has 0 amide bonds. The number of aromatic nitrogens is 1. The minimum absolute atomic E-state index is 0.365. The van der Waals surface area contributed by atoms with Gasteiger partial charge in [0.15, 0.2) is 0 Å². The zero-order valence-electron chi connectivity index (χ0n) is 18.7. The van der Waals surface area contributed by atoms with Gasteiger partial charge in [-0.2, -0.15) is 0 Å². The lowest BCUT2D eigenvalue weighted by Crippen LogP contribution is -2.25. The normalized spacial score (nSPS) is 18.6. The van der Waals surface area contributed by atoms with Crippen LogP contribution in [0.2, 0.25) is 0 Å². The number of fused-ring (bicyclic) bond motifs is 10. The van der Waals surface area contributed by atoms with Gasteiger partial charge in [-0.25, -0.2) is 0 Å². The van der Waals surface area contributed by atoms with Gasteiger partial charge in [0.05, 0.1) is 5.41 Å². The van der Waals surface area contributed by atoms with Crippen LogP contribution >= 0.6 is 0 Å². The molecule has 0 saturated heterocycles. The maximum Gasteiger partial charge on any atom is 0.134 e. The molecule has 2 heteroatoms. The highest BCUT2D eigenvalue weighted by Gasteiger charge is 2.47. The third kappa shape index (κ3) is 2.11. The molecule has 1 N–H and O–H groups in total. The van der Waals surface area contributed by atoms with Crippen molar-refractivity contribution >= 4 is 44.4 Å². The molecule has 4 aromatic carbocycles. The summed E-state index contributed by atoms with van der Waals surface area (Å²) in [6, 6.07) is 32.5. The molecule has 0 fully saturated rings. The Bertz CT molecular complexity index is 1860. The Morgan fingerprint density at radius 3 is 2.35 bits per heavy atom. The number of benzene rings is 4. The lowest BCUT2D eigenvalue weighted by Gasteiger charge is -2.30. The van der Waals surface area contributed by atoms with E-state index in [1.54, 1.807) is 0 Å². The third-order valence-electron chi connectivity index (χ3n) is 7.83. The van der Waals surface area contributed by atoms with Crippen molar-refractivity contribution in [1.29, 1.82) is 0 Å². The number of aromatic amines is 1. The van der Waals surface area contributed by atoms with E-state index >= 15 is 0 Å². The van der Waals surface area contributed by atoms with E-state index in [2.05, 4.69) is 109 Å². The molecule has 34 heavy (non-hydrogen) atoms. The molecule has 0 saturated carbocycles. The van der Waals surface area contributed by atoms with Crippen molar-refractivity contribution in [3.63, 3.8) is 0 Å². The van der Waals surface area contributed by atoms with Crippen molar-refractivity contribution in [2.45, 2.75) is 12.3 Å². The van der Waals surface area contributed by atoms with Crippen LogP contribution in [0.3, 0.4) is 0 Å². The standard InChI is InChI=1S/C32H21NO/c1-32-25(16-15-22-21-12-6-8-14-29(21)34-31(22)32)30(19-9-3-2-4-10-19)24-18-28-23(17-26(24)32)20-11-5-7-13-27(20)33-28/h2-18,33H,1H3. The van der Waals surface area contributed by atoms with Crippen LogP contribution in [0, 0.1) is 0 Å². The molecule has 0 aliphatic heterocycles. The van der Waals surface area contributed by atoms with Crippen LogP contribution in [-0.2, 0) is 5.41 Å². The first-order valence-corrected chi connectivity index (χ1v) is 11.8. The smallest absolute Gasteiger partial charge is 0.134 e. The summed E-state index contributed by atoms with van der Waals surface area (Å²) in [5.41, 5.74) is 10.5. The van der Waals surface area contributed by atoms with Crippen molar-refractivity contribution in [2.24, 2.45) is 0 Å². The van der Waals surface area contributed by atoms with Crippen LogP contribution in [0.4, 0.5) is 0 Å². The first-order chi connectivity index (χ1) is 16.7. The SMILES string of the molecule is CC12C(=C(c3ccccc3)c3cc4[nH]c5ccccc5c4cc31)C=Cc1c2oc2ccccc12. The Morgan fingerprint density at radius 1 is 0.706 bits per heavy atom. The second-order valence-corrected chi connectivity index (χ2v) is 9.57. The number of para-hydroxylation sites is 2. The number of furan rings is 1. The lowest BCUT2D eigenvalue weighted by molar-refractivity contribution is 0.475. The number of hydrogen-bond donors (Lipinski definition) is 1. The predicted octanol–water partition coefficient (Wildman–Crippen LogP) is 8.22. The van der Waals surface area contributed by atoms with Crippen molar-refractivity contribution in [1.82, 2.24) is 4.98 Å². The fourth-order valence-corrected chi connectivity index (χ4v) is 6.24. The monoisotopic (exact) mass is 435 g/mol. The summed E-state index contributed by atoms with van der Waals surface area (Å²) in [4.78, 5) is 3.65. The largest absolute Gasteiger partial charge is 0.459 e. The highest BCUT2D eigenvalue weighted by molar-refractivity contribution is 6.10. The fourth-order valence-electron chi connectivity index (χ4n) is 6.24. The van der Waals surface area contributed by atoms with Gasteiger partial charge < -0.3 is 9.40 Å². The number of rotatable bonds is 1. The van der Waals surface area contributed by atoms with Crippen LogP contribution in [0.1, 0.15) is 34.9 Å². The zero-order chi connectivity index (χ0) is 22.4. The maximum atomic E-state index is 6.64. The van der Waals surface area contributed by atoms with E-state index in [0.29, 0.717) is 0 Å². The van der Waals surface area contributed by atoms with E-state index in [-0.39, 0.29) is 5.41 Å². The minimum Gasteiger partial charge on any atom is -0.459 e. The summed E-state index contributed by atoms with van der Waals surface area (Å²) in [5.74, 6) is 1.04. The quantitative estimate of drug-likeness (QED) is 0.277. The van der Waals surface area contributed by atoms with E-state index in [1.807, 2.05) is 6.07 Å². The van der Waals surface area contributed by atoms with E-state index in [9.17, 15) is 0 Å². The van der Waals surface area contributed by atoms with E-state index in [4.69, 9.17) is 4.42 Å². The molecule has 2 aliphatic rings. The van der Waals surface area contributed by atoms with Gasteiger partial charge in [0.25, 0.3) is 0 Å². The fraction of sp³-hybridized carbons (Fsp3) is 0.0625. The molecule has 0 spiro atoms. The zero-order valence-corrected chi connectivity index (χ0v) is 18.7. The molecule has 160 valence electrons. The van der Waals surface area contributed by atoms with Crippen LogP contribution in [0.5, 0.6) is 0 Å². The van der Waals surface area contributed by atoms with Gasteiger partial charge in [-0.05, 0) is 59.0 Å². The summed E-state index contributed by atoms with van der Waals surface area (Å²) in [7, 11) is 0. The Labute approximate surface area is 196 Å². The summed E-state index contributed by atoms with van der Waals surface area (Å²) < 4.78 is 6.64. The second kappa shape index (κ2) is 6.18. The first-order valence-electron chi connectivity index (χ1n) is 11.8. The molecule has 8 rings (SSSR count). The Kier molecular flexibility index (Phi) is 3.30. The topological polar surface area (TPSA) is 28.9 Å². The highest BCUT2D eigenvalue weighted by Crippen LogP contribution is 2.57. The molecule has 2 aromatic heterocycles. The molecule has 0 radical (unpaired) electrons. The van der Waals surface area contributed by atoms with Crippen LogP contribution in [-0.4, -0.2) is 4.98 Å². The maximum absolute atomic E-state index is 6.64. The molecule has 0 bridgehead atoms. The van der Waals surface area contributed by atoms with Crippen molar-refractivity contribution in [3.8, 4) is 0 Å². The number of hydrogen-bond acceptors (Lipinski definition) is 1. The van der Waals surface area contributed by atoms with Gasteiger partial charge in [0.2, 0.25) is 0 Å². The van der Waals surface area contributed by atoms with Gasteiger partial charge in [0.1, 0.15) is 11.3 Å². The molecule has 1 atom stereocenters. The predicted molar refractivity (Wildman–Crippen MR) is 140 cm³/mol. The Morgan fingerprint density at radius 2 is 1.47 bits per heavy atom. The van der Waals surface area contributed by atoms with Crippen LogP contribution in [0.15, 0.2) is 107 Å². The van der Waals surface area contributed by atoms with E-state index < -0.39 is 0 Å². The van der Waals surface area contributed by atoms with E-state index in [0.717, 1.165) is 11.3 Å². The number of nitrogens with one attached hydrogen (secondary N) is 1. The van der Waals surface area contributed by atoms with Gasteiger partial charge in [-0.3, -0.25) is 0 Å². The molecular formula is C32H21NO. The molecule has 1 unspecified atom stereocenters. The molecule has 2 nitrogen and oxygen atoms in total. The highest BCUT2D eigenvalue weighted by atomic mass is 16.3.